The average molecular weight is 474 g/mol. The van der Waals surface area contributed by atoms with Gasteiger partial charge >= 0.3 is 0 Å². The van der Waals surface area contributed by atoms with Crippen LogP contribution in [0.2, 0.25) is 0 Å². The lowest BCUT2D eigenvalue weighted by molar-refractivity contribution is 0.496. The topological polar surface area (TPSA) is 134 Å². The average Bonchev–Trinajstić information content (AvgIpc) is 3.43. The molecule has 1 fully saturated rings. The van der Waals surface area contributed by atoms with Crippen LogP contribution < -0.4 is 4.72 Å². The standard InChI is InChI=1S/C20H22N6O4S2/c1-12-3-5-15(6-4-12)32(29,30)25-8-7-17-20(25)21-11-18-22-23-19(26(17)18)16-10-14(9-13(16)2)24-31(27)28/h3-8,11,13-14,16,24H,9-10H2,1-2H3,(H,27,28)/p-1. The molecule has 1 saturated carbocycles. The van der Waals surface area contributed by atoms with Gasteiger partial charge in [0, 0.05) is 29.4 Å². The minimum atomic E-state index is -3.83. The molecule has 10 nitrogen and oxygen atoms in total. The van der Waals surface area contributed by atoms with E-state index in [1.165, 1.54) is 16.4 Å². The van der Waals surface area contributed by atoms with Gasteiger partial charge in [0.1, 0.15) is 5.82 Å². The van der Waals surface area contributed by atoms with Gasteiger partial charge in [0.25, 0.3) is 10.0 Å². The molecular formula is C20H21N6O4S2-. The summed E-state index contributed by atoms with van der Waals surface area (Å²) in [6.07, 6.45) is 4.26. The fraction of sp³-hybridized carbons (Fsp3) is 0.350. The first kappa shape index (κ1) is 21.2. The van der Waals surface area contributed by atoms with Crippen molar-refractivity contribution >= 4 is 38.1 Å². The number of aromatic nitrogens is 5. The Morgan fingerprint density at radius 1 is 1.16 bits per heavy atom. The second-order valence-corrected chi connectivity index (χ2v) is 10.8. The number of benzene rings is 1. The van der Waals surface area contributed by atoms with Crippen molar-refractivity contribution < 1.29 is 17.2 Å². The molecule has 1 aliphatic carbocycles. The Kier molecular flexibility index (Phi) is 5.12. The van der Waals surface area contributed by atoms with Gasteiger partial charge in [-0.2, -0.15) is 0 Å². The molecule has 0 spiro atoms. The van der Waals surface area contributed by atoms with Crippen molar-refractivity contribution in [1.29, 1.82) is 0 Å². The summed E-state index contributed by atoms with van der Waals surface area (Å²) in [7, 11) is -3.83. The predicted octanol–water partition coefficient (Wildman–Crippen LogP) is 1.89. The Morgan fingerprint density at radius 2 is 1.91 bits per heavy atom. The van der Waals surface area contributed by atoms with E-state index in [1.54, 1.807) is 30.3 Å². The summed E-state index contributed by atoms with van der Waals surface area (Å²) in [5.74, 6) is 0.810. The summed E-state index contributed by atoms with van der Waals surface area (Å²) in [4.78, 5) is 4.53. The van der Waals surface area contributed by atoms with Gasteiger partial charge in [0.15, 0.2) is 11.3 Å². The quantitative estimate of drug-likeness (QED) is 0.437. The van der Waals surface area contributed by atoms with Crippen LogP contribution in [-0.4, -0.2) is 46.8 Å². The van der Waals surface area contributed by atoms with Crippen molar-refractivity contribution in [3.63, 3.8) is 0 Å². The third kappa shape index (κ3) is 3.43. The van der Waals surface area contributed by atoms with E-state index < -0.39 is 21.3 Å². The third-order valence-electron chi connectivity index (χ3n) is 6.12. The molecule has 5 rings (SSSR count). The minimum absolute atomic E-state index is 0.0336. The molecule has 0 aliphatic heterocycles. The molecule has 0 saturated heterocycles. The lowest BCUT2D eigenvalue weighted by Crippen LogP contribution is -2.28. The highest BCUT2D eigenvalue weighted by molar-refractivity contribution is 7.90. The van der Waals surface area contributed by atoms with Crippen molar-refractivity contribution in [3.8, 4) is 0 Å². The SMILES string of the molecule is Cc1ccc(S(=O)(=O)n2ccc3c2ncc2nnc(C4CC(NS(=O)[O-])CC4C)n23)cc1. The zero-order valence-electron chi connectivity index (χ0n) is 17.4. The van der Waals surface area contributed by atoms with Crippen LogP contribution in [0.3, 0.4) is 0 Å². The van der Waals surface area contributed by atoms with Crippen molar-refractivity contribution in [3.05, 3.63) is 54.1 Å². The molecule has 4 atom stereocenters. The van der Waals surface area contributed by atoms with Crippen LogP contribution in [0.5, 0.6) is 0 Å². The fourth-order valence-corrected chi connectivity index (χ4v) is 6.31. The summed E-state index contributed by atoms with van der Waals surface area (Å²) in [5.41, 5.74) is 2.33. The van der Waals surface area contributed by atoms with Crippen LogP contribution in [0.1, 0.15) is 37.1 Å². The first-order chi connectivity index (χ1) is 15.3. The van der Waals surface area contributed by atoms with Crippen molar-refractivity contribution in [1.82, 2.24) is 28.3 Å². The molecule has 0 radical (unpaired) electrons. The van der Waals surface area contributed by atoms with Crippen LogP contribution >= 0.6 is 0 Å². The van der Waals surface area contributed by atoms with E-state index >= 15 is 0 Å². The maximum atomic E-state index is 13.2. The molecule has 3 heterocycles. The smallest absolute Gasteiger partial charge is 0.269 e. The van der Waals surface area contributed by atoms with Gasteiger partial charge in [-0.15, -0.1) is 10.2 Å². The lowest BCUT2D eigenvalue weighted by Gasteiger charge is -2.14. The minimum Gasteiger partial charge on any atom is -0.760 e. The third-order valence-corrected chi connectivity index (χ3v) is 8.32. The van der Waals surface area contributed by atoms with E-state index in [1.807, 2.05) is 18.2 Å². The van der Waals surface area contributed by atoms with Crippen LogP contribution in [-0.2, 0) is 21.3 Å². The summed E-state index contributed by atoms with van der Waals surface area (Å²) in [6, 6.07) is 8.17. The first-order valence-corrected chi connectivity index (χ1v) is 12.7. The molecule has 1 aliphatic rings. The van der Waals surface area contributed by atoms with Crippen LogP contribution in [0.4, 0.5) is 0 Å². The Hall–Kier alpha value is -2.67. The second kappa shape index (κ2) is 7.73. The number of aryl methyl sites for hydroxylation is 1. The maximum Gasteiger partial charge on any atom is 0.269 e. The van der Waals surface area contributed by atoms with Crippen LogP contribution in [0.25, 0.3) is 16.8 Å². The number of nitrogens with one attached hydrogen (secondary N) is 1. The fourth-order valence-electron chi connectivity index (χ4n) is 4.55. The van der Waals surface area contributed by atoms with Gasteiger partial charge in [-0.3, -0.25) is 8.61 Å². The largest absolute Gasteiger partial charge is 0.760 e. The first-order valence-electron chi connectivity index (χ1n) is 10.1. The molecule has 1 aromatic carbocycles. The summed E-state index contributed by atoms with van der Waals surface area (Å²) >= 11 is -2.33. The predicted molar refractivity (Wildman–Crippen MR) is 117 cm³/mol. The molecule has 12 heteroatoms. The van der Waals surface area contributed by atoms with Gasteiger partial charge in [0.2, 0.25) is 0 Å². The second-order valence-electron chi connectivity index (χ2n) is 8.25. The van der Waals surface area contributed by atoms with Crippen molar-refractivity contribution in [2.24, 2.45) is 5.92 Å². The highest BCUT2D eigenvalue weighted by Crippen LogP contribution is 2.39. The number of hydrogen-bond donors (Lipinski definition) is 1. The van der Waals surface area contributed by atoms with E-state index in [2.05, 4.69) is 19.9 Å². The van der Waals surface area contributed by atoms with E-state index in [-0.39, 0.29) is 28.4 Å². The maximum absolute atomic E-state index is 13.2. The molecule has 4 unspecified atom stereocenters. The van der Waals surface area contributed by atoms with Crippen molar-refractivity contribution in [2.75, 3.05) is 0 Å². The zero-order chi connectivity index (χ0) is 22.6. The number of rotatable bonds is 5. The Balaban J connectivity index is 1.61. The monoisotopic (exact) mass is 473 g/mol. The molecule has 0 bridgehead atoms. The Labute approximate surface area is 187 Å². The summed E-state index contributed by atoms with van der Waals surface area (Å²) < 4.78 is 54.2. The van der Waals surface area contributed by atoms with E-state index in [0.29, 0.717) is 29.8 Å². The zero-order valence-corrected chi connectivity index (χ0v) is 19.0. The lowest BCUT2D eigenvalue weighted by atomic mass is 9.97. The molecule has 168 valence electrons. The van der Waals surface area contributed by atoms with Gasteiger partial charge in [-0.25, -0.2) is 22.1 Å². The molecular weight excluding hydrogens is 452 g/mol. The Bertz CT molecular complexity index is 1440. The molecule has 0 amide bonds. The van der Waals surface area contributed by atoms with Crippen molar-refractivity contribution in [2.45, 2.75) is 43.5 Å². The number of nitrogens with zero attached hydrogens (tertiary/aromatic N) is 5. The molecule has 4 aromatic rings. The number of fused-ring (bicyclic) bond motifs is 3. The summed E-state index contributed by atoms with van der Waals surface area (Å²) in [6.45, 7) is 3.94. The van der Waals surface area contributed by atoms with E-state index in [4.69, 9.17) is 0 Å². The van der Waals surface area contributed by atoms with E-state index in [0.717, 1.165) is 5.56 Å². The van der Waals surface area contributed by atoms with Gasteiger partial charge in [0.05, 0.1) is 16.6 Å². The highest BCUT2D eigenvalue weighted by Gasteiger charge is 2.36. The Morgan fingerprint density at radius 3 is 2.62 bits per heavy atom. The number of hydrogen-bond acceptors (Lipinski definition) is 7. The van der Waals surface area contributed by atoms with Crippen LogP contribution in [0, 0.1) is 12.8 Å². The van der Waals surface area contributed by atoms with Gasteiger partial charge in [-0.1, -0.05) is 24.6 Å². The van der Waals surface area contributed by atoms with Crippen LogP contribution in [0.15, 0.2) is 47.6 Å². The summed E-state index contributed by atoms with van der Waals surface area (Å²) in [5, 5.41) is 8.59. The van der Waals surface area contributed by atoms with Gasteiger partial charge in [-0.05, 0) is 43.9 Å². The molecule has 1 N–H and O–H groups in total. The van der Waals surface area contributed by atoms with E-state index in [9.17, 15) is 17.2 Å². The van der Waals surface area contributed by atoms with Gasteiger partial charge < -0.3 is 4.55 Å². The molecule has 32 heavy (non-hydrogen) atoms. The normalized spacial score (nSPS) is 22.7. The highest BCUT2D eigenvalue weighted by atomic mass is 32.2. The molecule has 3 aromatic heterocycles.